The number of fused-ring (bicyclic) bond motifs is 1. The van der Waals surface area contributed by atoms with E-state index in [-0.39, 0.29) is 11.9 Å². The van der Waals surface area contributed by atoms with Gasteiger partial charge in [0.15, 0.2) is 5.65 Å². The number of ether oxygens (including phenoxy) is 1. The van der Waals surface area contributed by atoms with Crippen LogP contribution in [0, 0.1) is 0 Å². The number of rotatable bonds is 4. The molecule has 7 heteroatoms. The highest BCUT2D eigenvalue weighted by atomic mass is 16.5. The van der Waals surface area contributed by atoms with Crippen molar-refractivity contribution in [3.05, 3.63) is 42.1 Å². The first-order valence-corrected chi connectivity index (χ1v) is 11.4. The zero-order chi connectivity index (χ0) is 21.0. The number of imidazole rings is 1. The lowest BCUT2D eigenvalue weighted by molar-refractivity contribution is 0.0935. The van der Waals surface area contributed by atoms with Gasteiger partial charge in [-0.2, -0.15) is 0 Å². The molecule has 2 N–H and O–H groups in total. The van der Waals surface area contributed by atoms with E-state index in [1.165, 1.54) is 31.4 Å². The Labute approximate surface area is 182 Å². The van der Waals surface area contributed by atoms with E-state index in [1.807, 2.05) is 0 Å². The quantitative estimate of drug-likeness (QED) is 0.627. The Hall–Kier alpha value is -2.93. The highest BCUT2D eigenvalue weighted by Crippen LogP contribution is 2.25. The van der Waals surface area contributed by atoms with Crippen molar-refractivity contribution in [3.8, 4) is 11.4 Å². The lowest BCUT2D eigenvalue weighted by Crippen LogP contribution is -2.36. The molecule has 2 aromatic heterocycles. The Morgan fingerprint density at radius 1 is 1.03 bits per heavy atom. The summed E-state index contributed by atoms with van der Waals surface area (Å²) in [7, 11) is 0. The third-order valence-corrected chi connectivity index (χ3v) is 6.34. The second-order valence-corrected chi connectivity index (χ2v) is 8.45. The van der Waals surface area contributed by atoms with Crippen molar-refractivity contribution in [1.82, 2.24) is 20.3 Å². The Balaban J connectivity index is 1.37. The summed E-state index contributed by atoms with van der Waals surface area (Å²) in [4.78, 5) is 27.7. The van der Waals surface area contributed by atoms with Crippen LogP contribution in [0.1, 0.15) is 48.9 Å². The minimum absolute atomic E-state index is 0.0443. The summed E-state index contributed by atoms with van der Waals surface area (Å²) in [5.74, 6) is 0.683. The molecule has 3 heterocycles. The number of aromatic nitrogens is 3. The van der Waals surface area contributed by atoms with E-state index in [2.05, 4.69) is 49.4 Å². The topological polar surface area (TPSA) is 83.1 Å². The van der Waals surface area contributed by atoms with Crippen molar-refractivity contribution in [2.45, 2.75) is 44.6 Å². The number of carbonyl (C=O) groups is 1. The lowest BCUT2D eigenvalue weighted by Gasteiger charge is -2.28. The Kier molecular flexibility index (Phi) is 5.84. The number of hydrogen-bond donors (Lipinski definition) is 2. The molecule has 2 aliphatic rings. The molecule has 1 aromatic carbocycles. The minimum atomic E-state index is -0.0443. The van der Waals surface area contributed by atoms with Crippen molar-refractivity contribution in [3.63, 3.8) is 0 Å². The normalized spacial score (nSPS) is 18.1. The maximum absolute atomic E-state index is 13.0. The standard InChI is InChI=1S/C24H29N5O2/c30-24(26-18-5-3-1-2-4-6-18)20-11-12-25-23-21(20)27-22(28-23)17-7-9-19(10-8-17)29-13-15-31-16-14-29/h7-12,18H,1-6,13-16H2,(H,26,30)(H,25,27,28). The fourth-order valence-corrected chi connectivity index (χ4v) is 4.58. The summed E-state index contributed by atoms with van der Waals surface area (Å²) in [6, 6.07) is 10.4. The van der Waals surface area contributed by atoms with Crippen LogP contribution < -0.4 is 10.2 Å². The van der Waals surface area contributed by atoms with Crippen molar-refractivity contribution < 1.29 is 9.53 Å². The first kappa shape index (κ1) is 20.0. The summed E-state index contributed by atoms with van der Waals surface area (Å²) in [5, 5.41) is 3.23. The Morgan fingerprint density at radius 3 is 2.52 bits per heavy atom. The molecule has 31 heavy (non-hydrogen) atoms. The molecule has 162 valence electrons. The van der Waals surface area contributed by atoms with Crippen molar-refractivity contribution >= 4 is 22.8 Å². The average molecular weight is 420 g/mol. The van der Waals surface area contributed by atoms with E-state index in [1.54, 1.807) is 12.3 Å². The lowest BCUT2D eigenvalue weighted by atomic mass is 10.1. The number of hydrogen-bond acceptors (Lipinski definition) is 5. The number of amides is 1. The molecule has 0 radical (unpaired) electrons. The smallest absolute Gasteiger partial charge is 0.253 e. The molecular weight excluding hydrogens is 390 g/mol. The van der Waals surface area contributed by atoms with Gasteiger partial charge in [0.1, 0.15) is 5.82 Å². The second kappa shape index (κ2) is 9.06. The largest absolute Gasteiger partial charge is 0.378 e. The van der Waals surface area contributed by atoms with Crippen LogP contribution in [0.2, 0.25) is 0 Å². The van der Waals surface area contributed by atoms with Crippen LogP contribution in [0.5, 0.6) is 0 Å². The van der Waals surface area contributed by atoms with Crippen LogP contribution in [0.4, 0.5) is 5.69 Å². The third-order valence-electron chi connectivity index (χ3n) is 6.34. The van der Waals surface area contributed by atoms with Gasteiger partial charge in [-0.15, -0.1) is 0 Å². The molecule has 0 unspecified atom stereocenters. The van der Waals surface area contributed by atoms with Gasteiger partial charge < -0.3 is 19.9 Å². The number of morpholine rings is 1. The monoisotopic (exact) mass is 419 g/mol. The van der Waals surface area contributed by atoms with E-state index >= 15 is 0 Å². The van der Waals surface area contributed by atoms with Gasteiger partial charge in [0.05, 0.1) is 24.3 Å². The van der Waals surface area contributed by atoms with E-state index in [4.69, 9.17) is 4.74 Å². The molecule has 0 bridgehead atoms. The highest BCUT2D eigenvalue weighted by molar-refractivity contribution is 6.04. The minimum Gasteiger partial charge on any atom is -0.378 e. The molecule has 1 saturated carbocycles. The Morgan fingerprint density at radius 2 is 1.77 bits per heavy atom. The average Bonchev–Trinajstić information content (AvgIpc) is 3.10. The summed E-state index contributed by atoms with van der Waals surface area (Å²) >= 11 is 0. The summed E-state index contributed by atoms with van der Waals surface area (Å²) in [5.41, 5.74) is 4.04. The predicted octanol–water partition coefficient (Wildman–Crippen LogP) is 3.91. The van der Waals surface area contributed by atoms with Crippen LogP contribution in [0.3, 0.4) is 0 Å². The van der Waals surface area contributed by atoms with Crippen LogP contribution >= 0.6 is 0 Å². The van der Waals surface area contributed by atoms with Crippen LogP contribution in [0.15, 0.2) is 36.5 Å². The molecule has 1 aliphatic carbocycles. The zero-order valence-electron chi connectivity index (χ0n) is 17.8. The number of carbonyl (C=O) groups excluding carboxylic acids is 1. The van der Waals surface area contributed by atoms with E-state index in [0.29, 0.717) is 16.7 Å². The fraction of sp³-hybridized carbons (Fsp3) is 0.458. The van der Waals surface area contributed by atoms with Gasteiger partial charge in [-0.25, -0.2) is 9.97 Å². The molecule has 2 fully saturated rings. The van der Waals surface area contributed by atoms with Gasteiger partial charge in [-0.3, -0.25) is 4.79 Å². The van der Waals surface area contributed by atoms with Crippen molar-refractivity contribution in [1.29, 1.82) is 0 Å². The molecular formula is C24H29N5O2. The maximum atomic E-state index is 13.0. The van der Waals surface area contributed by atoms with Gasteiger partial charge in [0, 0.05) is 36.6 Å². The number of anilines is 1. The molecule has 5 rings (SSSR count). The zero-order valence-corrected chi connectivity index (χ0v) is 17.8. The van der Waals surface area contributed by atoms with Gasteiger partial charge >= 0.3 is 0 Å². The number of benzene rings is 1. The van der Waals surface area contributed by atoms with Crippen LogP contribution in [-0.4, -0.2) is 53.2 Å². The number of nitrogens with one attached hydrogen (secondary N) is 2. The van der Waals surface area contributed by atoms with Crippen molar-refractivity contribution in [2.75, 3.05) is 31.2 Å². The summed E-state index contributed by atoms with van der Waals surface area (Å²) in [6.07, 6.45) is 8.68. The molecule has 0 spiro atoms. The summed E-state index contributed by atoms with van der Waals surface area (Å²) < 4.78 is 5.44. The van der Waals surface area contributed by atoms with Gasteiger partial charge in [0.25, 0.3) is 5.91 Å². The number of H-pyrrole nitrogens is 1. The van der Waals surface area contributed by atoms with Crippen LogP contribution in [-0.2, 0) is 4.74 Å². The third kappa shape index (κ3) is 4.42. The predicted molar refractivity (Wildman–Crippen MR) is 121 cm³/mol. The molecule has 3 aromatic rings. The first-order chi connectivity index (χ1) is 15.3. The summed E-state index contributed by atoms with van der Waals surface area (Å²) in [6.45, 7) is 3.35. The van der Waals surface area contributed by atoms with E-state index < -0.39 is 0 Å². The fourth-order valence-electron chi connectivity index (χ4n) is 4.58. The highest BCUT2D eigenvalue weighted by Gasteiger charge is 2.19. The SMILES string of the molecule is O=C(NC1CCCCCC1)c1ccnc2nc(-c3ccc(N4CCOCC4)cc3)[nH]c12. The molecule has 0 atom stereocenters. The number of nitrogens with zero attached hydrogens (tertiary/aromatic N) is 3. The molecule has 1 aliphatic heterocycles. The second-order valence-electron chi connectivity index (χ2n) is 8.45. The number of pyridine rings is 1. The van der Waals surface area contributed by atoms with Gasteiger partial charge in [-0.05, 0) is 43.2 Å². The van der Waals surface area contributed by atoms with Gasteiger partial charge in [-0.1, -0.05) is 25.7 Å². The van der Waals surface area contributed by atoms with Gasteiger partial charge in [0.2, 0.25) is 0 Å². The maximum Gasteiger partial charge on any atom is 0.253 e. The molecule has 1 saturated heterocycles. The molecule has 1 amide bonds. The Bertz CT molecular complexity index is 1030. The molecule has 7 nitrogen and oxygen atoms in total. The van der Waals surface area contributed by atoms with E-state index in [9.17, 15) is 4.79 Å². The van der Waals surface area contributed by atoms with Crippen molar-refractivity contribution in [2.24, 2.45) is 0 Å². The first-order valence-electron chi connectivity index (χ1n) is 11.4. The number of aromatic amines is 1. The van der Waals surface area contributed by atoms with E-state index in [0.717, 1.165) is 50.5 Å². The van der Waals surface area contributed by atoms with Crippen LogP contribution in [0.25, 0.3) is 22.6 Å².